The second kappa shape index (κ2) is 11.7. The first kappa shape index (κ1) is 26.8. The van der Waals surface area contributed by atoms with E-state index in [0.717, 1.165) is 0 Å². The van der Waals surface area contributed by atoms with E-state index >= 15 is 0 Å². The van der Waals surface area contributed by atoms with Crippen molar-refractivity contribution in [3.8, 4) is 11.5 Å². The zero-order valence-corrected chi connectivity index (χ0v) is 19.7. The van der Waals surface area contributed by atoms with Crippen LogP contribution in [0.2, 0.25) is 0 Å². The maximum atomic E-state index is 11.8. The number of pyridine rings is 1. The van der Waals surface area contributed by atoms with Crippen LogP contribution < -0.4 is 4.74 Å². The summed E-state index contributed by atoms with van der Waals surface area (Å²) in [6, 6.07) is 1.41. The zero-order chi connectivity index (χ0) is 24.9. The molecule has 0 spiro atoms. The molecule has 0 aliphatic carbocycles. The number of aromatic hydroxyl groups is 1. The number of aromatic nitrogens is 1. The summed E-state index contributed by atoms with van der Waals surface area (Å²) in [6.07, 6.45) is -5.20. The molecule has 3 heterocycles. The third kappa shape index (κ3) is 6.23. The highest BCUT2D eigenvalue weighted by atomic mass is 32.2. The lowest BCUT2D eigenvalue weighted by molar-refractivity contribution is -0.302. The van der Waals surface area contributed by atoms with E-state index in [1.807, 2.05) is 0 Å². The Kier molecular flexibility index (Phi) is 9.23. The van der Waals surface area contributed by atoms with Crippen molar-refractivity contribution in [3.05, 3.63) is 18.0 Å². The molecule has 0 amide bonds. The first-order valence-corrected chi connectivity index (χ1v) is 11.7. The summed E-state index contributed by atoms with van der Waals surface area (Å²) in [7, 11) is 0. The van der Waals surface area contributed by atoms with Gasteiger partial charge in [-0.25, -0.2) is 4.98 Å². The number of nitrogens with zero attached hydrogens (tertiary/aromatic N) is 2. The van der Waals surface area contributed by atoms with Gasteiger partial charge in [-0.3, -0.25) is 9.79 Å². The number of hydrogen-bond donors (Lipinski definition) is 5. The lowest BCUT2D eigenvalue weighted by Crippen LogP contribution is -2.59. The topological polar surface area (TPSA) is 180 Å². The van der Waals surface area contributed by atoms with Gasteiger partial charge in [0.2, 0.25) is 0 Å². The lowest BCUT2D eigenvalue weighted by Gasteiger charge is -2.39. The molecule has 1 fully saturated rings. The lowest BCUT2D eigenvalue weighted by atomic mass is 9.99. The van der Waals surface area contributed by atoms with E-state index in [4.69, 9.17) is 24.1 Å². The molecule has 2 aliphatic heterocycles. The Hall–Kier alpha value is -1.84. The van der Waals surface area contributed by atoms with Crippen molar-refractivity contribution >= 4 is 22.6 Å². The smallest absolute Gasteiger partial charge is 0.186 e. The number of aliphatic hydroxyl groups is 4. The molecular weight excluding hydrogens is 472 g/mol. The SMILES string of the molecule is CC(=O)[C@@]1(C)CSC(c2ncc(OCCOCCO[C@@H]3OC(CO)[C@@H](O)[C@@H](O)C3O)cc2O)=N1. The van der Waals surface area contributed by atoms with Crippen molar-refractivity contribution < 1.29 is 49.3 Å². The number of thioether (sulfide) groups is 1. The summed E-state index contributed by atoms with van der Waals surface area (Å²) in [4.78, 5) is 20.4. The Bertz CT molecular complexity index is 885. The summed E-state index contributed by atoms with van der Waals surface area (Å²) in [6.45, 7) is 3.22. The highest BCUT2D eigenvalue weighted by Crippen LogP contribution is 2.34. The largest absolute Gasteiger partial charge is 0.505 e. The highest BCUT2D eigenvalue weighted by molar-refractivity contribution is 8.14. The Morgan fingerprint density at radius 3 is 2.59 bits per heavy atom. The molecule has 2 unspecified atom stereocenters. The molecule has 1 aromatic heterocycles. The van der Waals surface area contributed by atoms with Crippen molar-refractivity contribution in [1.29, 1.82) is 0 Å². The van der Waals surface area contributed by atoms with Crippen LogP contribution in [-0.2, 0) is 19.0 Å². The minimum absolute atomic E-state index is 0.0265. The number of carbonyl (C=O) groups excluding carboxylic acids is 1. The van der Waals surface area contributed by atoms with Gasteiger partial charge in [0.05, 0.1) is 32.6 Å². The van der Waals surface area contributed by atoms with Gasteiger partial charge in [0.15, 0.2) is 12.1 Å². The summed E-state index contributed by atoms with van der Waals surface area (Å²) < 4.78 is 21.4. The van der Waals surface area contributed by atoms with Gasteiger partial charge >= 0.3 is 0 Å². The maximum absolute atomic E-state index is 11.8. The predicted molar refractivity (Wildman–Crippen MR) is 120 cm³/mol. The molecule has 12 nitrogen and oxygen atoms in total. The molecule has 0 aromatic carbocycles. The van der Waals surface area contributed by atoms with E-state index in [1.54, 1.807) is 6.92 Å². The van der Waals surface area contributed by atoms with E-state index in [0.29, 0.717) is 22.2 Å². The fourth-order valence-electron chi connectivity index (χ4n) is 3.23. The first-order chi connectivity index (χ1) is 16.2. The summed E-state index contributed by atoms with van der Waals surface area (Å²) in [5.74, 6) is 0.674. The first-order valence-electron chi connectivity index (χ1n) is 10.7. The van der Waals surface area contributed by atoms with Gasteiger partial charge in [0.1, 0.15) is 58.8 Å². The van der Waals surface area contributed by atoms with E-state index in [-0.39, 0.29) is 38.0 Å². The maximum Gasteiger partial charge on any atom is 0.186 e. The fraction of sp³-hybridized carbons (Fsp3) is 0.667. The van der Waals surface area contributed by atoms with Crippen molar-refractivity contribution in [2.24, 2.45) is 4.99 Å². The standard InChI is InChI=1S/C21H30N2O10S/c1-11(25)21(2)10-34-19(23-21)15-13(26)7-12(8-22-15)31-5-3-30-4-6-32-20-18(29)17(28)16(27)14(9-24)33-20/h7-8,14,16-18,20,24,26-29H,3-6,9-10H2,1-2H3/t14?,16-,17-,18?,20-,21-/m1/s1. The molecule has 0 bridgehead atoms. The number of carbonyl (C=O) groups is 1. The van der Waals surface area contributed by atoms with E-state index in [9.17, 15) is 25.2 Å². The van der Waals surface area contributed by atoms with Crippen molar-refractivity contribution in [2.45, 2.75) is 50.1 Å². The van der Waals surface area contributed by atoms with Gasteiger partial charge < -0.3 is 44.5 Å². The number of ether oxygens (including phenoxy) is 4. The Balaban J connectivity index is 1.37. The second-order valence-corrected chi connectivity index (χ2v) is 9.07. The van der Waals surface area contributed by atoms with E-state index < -0.39 is 42.9 Å². The van der Waals surface area contributed by atoms with Gasteiger partial charge in [0, 0.05) is 11.8 Å². The van der Waals surface area contributed by atoms with Gasteiger partial charge in [-0.05, 0) is 13.8 Å². The minimum Gasteiger partial charge on any atom is -0.505 e. The molecule has 34 heavy (non-hydrogen) atoms. The zero-order valence-electron chi connectivity index (χ0n) is 18.9. The van der Waals surface area contributed by atoms with E-state index in [2.05, 4.69) is 9.98 Å². The number of Topliss-reactive ketones (excluding diaryl/α,β-unsaturated/α-hetero) is 1. The molecule has 0 radical (unpaired) electrons. The molecule has 3 rings (SSSR count). The highest BCUT2D eigenvalue weighted by Gasteiger charge is 2.44. The van der Waals surface area contributed by atoms with Crippen LogP contribution >= 0.6 is 11.8 Å². The molecule has 1 saturated heterocycles. The van der Waals surface area contributed by atoms with Crippen LogP contribution in [0, 0.1) is 0 Å². The molecule has 5 N–H and O–H groups in total. The number of rotatable bonds is 11. The average molecular weight is 503 g/mol. The van der Waals surface area contributed by atoms with Crippen LogP contribution in [0.1, 0.15) is 19.5 Å². The number of aliphatic hydroxyl groups excluding tert-OH is 4. The normalized spacial score (nSPS) is 31.4. The molecule has 190 valence electrons. The predicted octanol–water partition coefficient (Wildman–Crippen LogP) is -1.16. The van der Waals surface area contributed by atoms with Gasteiger partial charge in [-0.15, -0.1) is 11.8 Å². The van der Waals surface area contributed by atoms with Gasteiger partial charge in [-0.2, -0.15) is 0 Å². The van der Waals surface area contributed by atoms with Crippen LogP contribution in [-0.4, -0.2) is 116 Å². The van der Waals surface area contributed by atoms with Crippen LogP contribution in [0.15, 0.2) is 17.3 Å². The molecule has 0 saturated carbocycles. The number of aliphatic imine (C=N–C) groups is 1. The van der Waals surface area contributed by atoms with Crippen molar-refractivity contribution in [1.82, 2.24) is 4.98 Å². The average Bonchev–Trinajstić information content (AvgIpc) is 3.21. The second-order valence-electron chi connectivity index (χ2n) is 8.10. The van der Waals surface area contributed by atoms with Crippen molar-refractivity contribution in [3.63, 3.8) is 0 Å². The Morgan fingerprint density at radius 1 is 1.21 bits per heavy atom. The summed E-state index contributed by atoms with van der Waals surface area (Å²) in [5, 5.41) is 49.3. The molecule has 6 atom stereocenters. The van der Waals surface area contributed by atoms with Crippen LogP contribution in [0.25, 0.3) is 0 Å². The molecule has 1 aromatic rings. The van der Waals surface area contributed by atoms with Crippen molar-refractivity contribution in [2.75, 3.05) is 38.8 Å². The van der Waals surface area contributed by atoms with Crippen LogP contribution in [0.5, 0.6) is 11.5 Å². The monoisotopic (exact) mass is 502 g/mol. The number of ketones is 1. The van der Waals surface area contributed by atoms with E-state index in [1.165, 1.54) is 30.9 Å². The summed E-state index contributed by atoms with van der Waals surface area (Å²) in [5.41, 5.74) is -0.517. The van der Waals surface area contributed by atoms with Crippen LogP contribution in [0.3, 0.4) is 0 Å². The quantitative estimate of drug-likeness (QED) is 0.229. The molecule has 13 heteroatoms. The minimum atomic E-state index is -1.50. The Labute approximate surface area is 200 Å². The van der Waals surface area contributed by atoms with Gasteiger partial charge in [0.25, 0.3) is 0 Å². The molecule has 2 aliphatic rings. The summed E-state index contributed by atoms with van der Waals surface area (Å²) >= 11 is 1.36. The Morgan fingerprint density at radius 2 is 1.94 bits per heavy atom. The fourth-order valence-corrected chi connectivity index (χ4v) is 4.47. The van der Waals surface area contributed by atoms with Gasteiger partial charge in [-0.1, -0.05) is 0 Å². The molecular formula is C21H30N2O10S. The van der Waals surface area contributed by atoms with Crippen LogP contribution in [0.4, 0.5) is 0 Å². The number of hydrogen-bond acceptors (Lipinski definition) is 13. The third-order valence-electron chi connectivity index (χ3n) is 5.50. The third-order valence-corrected chi connectivity index (χ3v) is 6.76.